The van der Waals surface area contributed by atoms with Crippen LogP contribution in [0.2, 0.25) is 0 Å². The lowest BCUT2D eigenvalue weighted by Crippen LogP contribution is -2.04. The van der Waals surface area contributed by atoms with Crippen molar-refractivity contribution in [3.8, 4) is 11.8 Å². The molecular weight excluding hydrogens is 336 g/mol. The summed E-state index contributed by atoms with van der Waals surface area (Å²) in [7, 11) is 0. The molecule has 25 heavy (non-hydrogen) atoms. The van der Waals surface area contributed by atoms with E-state index in [0.29, 0.717) is 5.92 Å². The molecular formula is C21H17F2NS. The van der Waals surface area contributed by atoms with Crippen LogP contribution in [-0.4, -0.2) is 5.16 Å². The number of rotatable bonds is 2. The van der Waals surface area contributed by atoms with Gasteiger partial charge in [-0.05, 0) is 48.7 Å². The van der Waals surface area contributed by atoms with Crippen LogP contribution in [0, 0.1) is 23.5 Å². The Hall–Kier alpha value is -2.34. The molecule has 126 valence electrons. The van der Waals surface area contributed by atoms with Gasteiger partial charge < -0.3 is 0 Å². The summed E-state index contributed by atoms with van der Waals surface area (Å²) in [5.41, 5.74) is 1.89. The molecule has 1 aliphatic carbocycles. The lowest BCUT2D eigenvalue weighted by molar-refractivity contribution is 0.443. The molecule has 0 atom stereocenters. The Morgan fingerprint density at radius 1 is 0.920 bits per heavy atom. The first kappa shape index (κ1) is 17.5. The predicted molar refractivity (Wildman–Crippen MR) is 99.3 cm³/mol. The minimum Gasteiger partial charge on any atom is -0.205 e. The van der Waals surface area contributed by atoms with Crippen molar-refractivity contribution in [2.45, 2.75) is 38.0 Å². The van der Waals surface area contributed by atoms with Crippen LogP contribution in [0.15, 0.2) is 41.4 Å². The fourth-order valence-electron chi connectivity index (χ4n) is 3.21. The molecule has 0 radical (unpaired) electrons. The van der Waals surface area contributed by atoms with Gasteiger partial charge in [0, 0.05) is 17.7 Å². The molecule has 3 rings (SSSR count). The zero-order valence-corrected chi connectivity index (χ0v) is 14.5. The average Bonchev–Trinajstić information content (AvgIpc) is 2.62. The molecule has 1 nitrogen and oxygen atoms in total. The standard InChI is InChI=1S/C21H17F2NS/c22-20-12-18(24-14-25)13-21(23)19(20)11-8-15-6-9-17(10-7-15)16-4-2-1-3-5-16/h6-7,9-10,12-13,16H,1-5H2. The van der Waals surface area contributed by atoms with Gasteiger partial charge in [0.05, 0.1) is 16.4 Å². The van der Waals surface area contributed by atoms with Gasteiger partial charge in [0.15, 0.2) is 0 Å². The molecule has 1 fully saturated rings. The molecule has 0 aromatic heterocycles. The van der Waals surface area contributed by atoms with Crippen LogP contribution in [0.1, 0.15) is 54.7 Å². The maximum Gasteiger partial charge on any atom is 0.143 e. The number of benzene rings is 2. The Bertz CT molecular complexity index is 842. The molecule has 0 amide bonds. The number of halogens is 2. The summed E-state index contributed by atoms with van der Waals surface area (Å²) in [6, 6.07) is 10.2. The molecule has 1 saturated carbocycles. The van der Waals surface area contributed by atoms with Gasteiger partial charge in [0.25, 0.3) is 0 Å². The van der Waals surface area contributed by atoms with Crippen LogP contribution in [0.25, 0.3) is 0 Å². The van der Waals surface area contributed by atoms with Crippen molar-refractivity contribution in [2.24, 2.45) is 4.99 Å². The normalized spacial score (nSPS) is 14.3. The molecule has 0 N–H and O–H groups in total. The second-order valence-electron chi connectivity index (χ2n) is 6.19. The van der Waals surface area contributed by atoms with Crippen LogP contribution in [0.5, 0.6) is 0 Å². The lowest BCUT2D eigenvalue weighted by atomic mass is 9.84. The zero-order chi connectivity index (χ0) is 17.6. The highest BCUT2D eigenvalue weighted by Gasteiger charge is 2.15. The van der Waals surface area contributed by atoms with E-state index in [1.54, 1.807) is 0 Å². The van der Waals surface area contributed by atoms with Crippen molar-refractivity contribution >= 4 is 23.1 Å². The van der Waals surface area contributed by atoms with Crippen molar-refractivity contribution in [1.29, 1.82) is 0 Å². The van der Waals surface area contributed by atoms with Gasteiger partial charge in [-0.15, -0.1) is 0 Å². The van der Waals surface area contributed by atoms with Crippen LogP contribution >= 0.6 is 12.2 Å². The maximum absolute atomic E-state index is 14.0. The number of hydrogen-bond acceptors (Lipinski definition) is 2. The summed E-state index contributed by atoms with van der Waals surface area (Å²) in [6.45, 7) is 0. The Morgan fingerprint density at radius 3 is 2.16 bits per heavy atom. The van der Waals surface area contributed by atoms with Crippen LogP contribution < -0.4 is 0 Å². The maximum atomic E-state index is 14.0. The molecule has 0 saturated heterocycles. The minimum absolute atomic E-state index is 0.0902. The fraction of sp³-hybridized carbons (Fsp3) is 0.286. The van der Waals surface area contributed by atoms with Gasteiger partial charge in [-0.2, -0.15) is 4.99 Å². The van der Waals surface area contributed by atoms with Crippen molar-refractivity contribution in [1.82, 2.24) is 0 Å². The van der Waals surface area contributed by atoms with Crippen molar-refractivity contribution in [3.05, 3.63) is 64.7 Å². The van der Waals surface area contributed by atoms with Crippen molar-refractivity contribution < 1.29 is 8.78 Å². The van der Waals surface area contributed by atoms with E-state index in [0.717, 1.165) is 17.7 Å². The molecule has 2 aromatic rings. The second-order valence-corrected chi connectivity index (χ2v) is 6.38. The monoisotopic (exact) mass is 353 g/mol. The van der Waals surface area contributed by atoms with E-state index in [1.807, 2.05) is 12.1 Å². The third kappa shape index (κ3) is 4.39. The highest BCUT2D eigenvalue weighted by atomic mass is 32.1. The quantitative estimate of drug-likeness (QED) is 0.358. The Morgan fingerprint density at radius 2 is 1.56 bits per heavy atom. The second kappa shape index (κ2) is 8.16. The summed E-state index contributed by atoms with van der Waals surface area (Å²) in [5, 5.41) is 2.09. The lowest BCUT2D eigenvalue weighted by Gasteiger charge is -2.21. The van der Waals surface area contributed by atoms with E-state index in [4.69, 9.17) is 0 Å². The van der Waals surface area contributed by atoms with Gasteiger partial charge in [-0.1, -0.05) is 43.2 Å². The van der Waals surface area contributed by atoms with Crippen LogP contribution in [0.4, 0.5) is 14.5 Å². The predicted octanol–water partition coefficient (Wildman–Crippen LogP) is 6.15. The van der Waals surface area contributed by atoms with Gasteiger partial charge in [0.1, 0.15) is 11.6 Å². The summed E-state index contributed by atoms with van der Waals surface area (Å²) >= 11 is 4.44. The molecule has 0 bridgehead atoms. The first-order valence-corrected chi connectivity index (χ1v) is 8.77. The van der Waals surface area contributed by atoms with Gasteiger partial charge >= 0.3 is 0 Å². The first-order valence-electron chi connectivity index (χ1n) is 8.36. The van der Waals surface area contributed by atoms with E-state index < -0.39 is 11.6 Å². The third-order valence-electron chi connectivity index (χ3n) is 4.52. The molecule has 0 unspecified atom stereocenters. The first-order chi connectivity index (χ1) is 12.2. The highest BCUT2D eigenvalue weighted by molar-refractivity contribution is 7.78. The van der Waals surface area contributed by atoms with Gasteiger partial charge in [-0.25, -0.2) is 8.78 Å². The van der Waals surface area contributed by atoms with Crippen LogP contribution in [-0.2, 0) is 0 Å². The summed E-state index contributed by atoms with van der Waals surface area (Å²) < 4.78 is 28.0. The van der Waals surface area contributed by atoms with E-state index in [9.17, 15) is 8.78 Å². The largest absolute Gasteiger partial charge is 0.205 e. The third-order valence-corrected chi connectivity index (χ3v) is 4.61. The summed E-state index contributed by atoms with van der Waals surface area (Å²) in [4.78, 5) is 3.58. The van der Waals surface area contributed by atoms with E-state index >= 15 is 0 Å². The number of aliphatic imine (C=N–C) groups is 1. The SMILES string of the molecule is Fc1cc(N=C=S)cc(F)c1C#Cc1ccc(C2CCCCC2)cc1. The molecule has 1 aliphatic rings. The van der Waals surface area contributed by atoms with E-state index in [2.05, 4.69) is 46.3 Å². The fourth-order valence-corrected chi connectivity index (χ4v) is 3.31. The molecule has 2 aromatic carbocycles. The Balaban J connectivity index is 1.80. The van der Waals surface area contributed by atoms with Crippen molar-refractivity contribution in [3.63, 3.8) is 0 Å². The average molecular weight is 353 g/mol. The molecule has 0 spiro atoms. The summed E-state index contributed by atoms with van der Waals surface area (Å²) in [5.74, 6) is 4.52. The summed E-state index contributed by atoms with van der Waals surface area (Å²) in [6.07, 6.45) is 6.36. The molecule has 4 heteroatoms. The highest BCUT2D eigenvalue weighted by Crippen LogP contribution is 2.32. The smallest absolute Gasteiger partial charge is 0.143 e. The topological polar surface area (TPSA) is 12.4 Å². The number of isothiocyanates is 1. The van der Waals surface area contributed by atoms with Gasteiger partial charge in [0.2, 0.25) is 0 Å². The van der Waals surface area contributed by atoms with Gasteiger partial charge in [-0.3, -0.25) is 0 Å². The number of nitrogens with zero attached hydrogens (tertiary/aromatic N) is 1. The van der Waals surface area contributed by atoms with E-state index in [-0.39, 0.29) is 11.3 Å². The molecule has 0 aliphatic heterocycles. The minimum atomic E-state index is -0.754. The van der Waals surface area contributed by atoms with Crippen molar-refractivity contribution in [2.75, 3.05) is 0 Å². The number of hydrogen-bond donors (Lipinski definition) is 0. The molecule has 0 heterocycles. The number of thiocarbonyl (C=S) groups is 1. The van der Waals surface area contributed by atoms with E-state index in [1.165, 1.54) is 37.7 Å². The zero-order valence-electron chi connectivity index (χ0n) is 13.7. The Kier molecular flexibility index (Phi) is 5.71. The Labute approximate surface area is 151 Å². The van der Waals surface area contributed by atoms with Crippen LogP contribution in [0.3, 0.4) is 0 Å².